The molecular weight excluding hydrogens is 257 g/mol. The second-order valence-corrected chi connectivity index (χ2v) is 4.63. The fourth-order valence-corrected chi connectivity index (χ4v) is 2.14. The molecule has 0 amide bonds. The van der Waals surface area contributed by atoms with Crippen molar-refractivity contribution in [1.29, 1.82) is 0 Å². The van der Waals surface area contributed by atoms with Gasteiger partial charge < -0.3 is 14.6 Å². The normalized spacial score (nSPS) is 12.3. The molecule has 0 saturated carbocycles. The Morgan fingerprint density at radius 1 is 1.40 bits per heavy atom. The molecule has 2 rings (SSSR count). The van der Waals surface area contributed by atoms with Crippen LogP contribution in [0.3, 0.4) is 0 Å². The van der Waals surface area contributed by atoms with E-state index >= 15 is 0 Å². The van der Waals surface area contributed by atoms with Crippen molar-refractivity contribution in [3.05, 3.63) is 48.0 Å². The van der Waals surface area contributed by atoms with Gasteiger partial charge in [-0.25, -0.2) is 9.37 Å². The van der Waals surface area contributed by atoms with Crippen LogP contribution in [0.4, 0.5) is 10.3 Å². The van der Waals surface area contributed by atoms with Crippen molar-refractivity contribution in [2.45, 2.75) is 19.4 Å². The van der Waals surface area contributed by atoms with Crippen LogP contribution in [-0.2, 0) is 4.74 Å². The van der Waals surface area contributed by atoms with Gasteiger partial charge >= 0.3 is 0 Å². The standard InChI is InChI=1S/C15H20FN3O/c1-12(13-6-3-4-7-14(13)16)19-10-9-18-15(19)17-8-5-11-20-2/h3-4,6-7,9-10,12H,5,8,11H2,1-2H3,(H,17,18). The molecule has 0 aliphatic carbocycles. The van der Waals surface area contributed by atoms with E-state index in [0.29, 0.717) is 12.2 Å². The summed E-state index contributed by atoms with van der Waals surface area (Å²) in [4.78, 5) is 4.28. The summed E-state index contributed by atoms with van der Waals surface area (Å²) in [5.74, 6) is 0.552. The summed E-state index contributed by atoms with van der Waals surface area (Å²) in [6.45, 7) is 3.44. The summed E-state index contributed by atoms with van der Waals surface area (Å²) < 4.78 is 20.8. The second-order valence-electron chi connectivity index (χ2n) is 4.63. The Bertz CT molecular complexity index is 541. The van der Waals surface area contributed by atoms with Crippen LogP contribution in [0.1, 0.15) is 24.9 Å². The molecule has 0 radical (unpaired) electrons. The van der Waals surface area contributed by atoms with Gasteiger partial charge in [0.05, 0.1) is 6.04 Å². The van der Waals surface area contributed by atoms with E-state index in [1.165, 1.54) is 6.07 Å². The Kier molecular flexibility index (Phi) is 5.12. The molecule has 0 aliphatic heterocycles. The number of hydrogen-bond acceptors (Lipinski definition) is 3. The van der Waals surface area contributed by atoms with Crippen LogP contribution in [0.15, 0.2) is 36.7 Å². The van der Waals surface area contributed by atoms with Gasteiger partial charge in [0.25, 0.3) is 0 Å². The Morgan fingerprint density at radius 2 is 2.20 bits per heavy atom. The van der Waals surface area contributed by atoms with Crippen molar-refractivity contribution >= 4 is 5.95 Å². The van der Waals surface area contributed by atoms with E-state index in [2.05, 4.69) is 10.3 Å². The van der Waals surface area contributed by atoms with Crippen LogP contribution >= 0.6 is 0 Å². The highest BCUT2D eigenvalue weighted by Gasteiger charge is 2.14. The van der Waals surface area contributed by atoms with Gasteiger partial charge in [-0.1, -0.05) is 18.2 Å². The number of halogens is 1. The van der Waals surface area contributed by atoms with E-state index in [1.54, 1.807) is 25.4 Å². The topological polar surface area (TPSA) is 39.1 Å². The minimum Gasteiger partial charge on any atom is -0.385 e. The maximum atomic E-state index is 13.8. The van der Waals surface area contributed by atoms with Crippen LogP contribution in [-0.4, -0.2) is 29.8 Å². The zero-order valence-corrected chi connectivity index (χ0v) is 11.8. The Balaban J connectivity index is 2.09. The van der Waals surface area contributed by atoms with Crippen molar-refractivity contribution in [3.63, 3.8) is 0 Å². The number of aromatic nitrogens is 2. The lowest BCUT2D eigenvalue weighted by Gasteiger charge is -2.18. The molecule has 1 N–H and O–H groups in total. The van der Waals surface area contributed by atoms with Crippen molar-refractivity contribution < 1.29 is 9.13 Å². The average Bonchev–Trinajstić information content (AvgIpc) is 2.92. The molecule has 0 fully saturated rings. The van der Waals surface area contributed by atoms with Crippen molar-refractivity contribution in [2.75, 3.05) is 25.6 Å². The van der Waals surface area contributed by atoms with Crippen molar-refractivity contribution in [1.82, 2.24) is 9.55 Å². The summed E-state index contributed by atoms with van der Waals surface area (Å²) in [6, 6.07) is 6.72. The fraction of sp³-hybridized carbons (Fsp3) is 0.400. The monoisotopic (exact) mass is 277 g/mol. The minimum atomic E-state index is -0.195. The number of benzene rings is 1. The van der Waals surface area contributed by atoms with Crippen molar-refractivity contribution in [2.24, 2.45) is 0 Å². The number of methoxy groups -OCH3 is 1. The van der Waals surface area contributed by atoms with Gasteiger partial charge in [-0.05, 0) is 19.4 Å². The van der Waals surface area contributed by atoms with Gasteiger partial charge in [-0.2, -0.15) is 0 Å². The molecule has 0 spiro atoms. The summed E-state index contributed by atoms with van der Waals surface area (Å²) in [5.41, 5.74) is 0.658. The number of imidazole rings is 1. The van der Waals surface area contributed by atoms with E-state index in [1.807, 2.05) is 23.8 Å². The summed E-state index contributed by atoms with van der Waals surface area (Å²) in [5, 5.41) is 3.25. The quantitative estimate of drug-likeness (QED) is 0.790. The number of nitrogens with one attached hydrogen (secondary N) is 1. The number of anilines is 1. The molecule has 0 saturated heterocycles. The van der Waals surface area contributed by atoms with Gasteiger partial charge in [0, 0.05) is 38.2 Å². The first-order valence-corrected chi connectivity index (χ1v) is 6.74. The molecule has 20 heavy (non-hydrogen) atoms. The van der Waals surface area contributed by atoms with Crippen LogP contribution < -0.4 is 5.32 Å². The zero-order chi connectivity index (χ0) is 14.4. The highest BCUT2D eigenvalue weighted by atomic mass is 19.1. The number of hydrogen-bond donors (Lipinski definition) is 1. The average molecular weight is 277 g/mol. The van der Waals surface area contributed by atoms with Gasteiger partial charge in [0.2, 0.25) is 5.95 Å². The fourth-order valence-electron chi connectivity index (χ4n) is 2.14. The molecule has 1 unspecified atom stereocenters. The van der Waals surface area contributed by atoms with Crippen LogP contribution in [0.25, 0.3) is 0 Å². The molecule has 1 aromatic heterocycles. The third-order valence-electron chi connectivity index (χ3n) is 3.25. The molecular formula is C15H20FN3O. The van der Waals surface area contributed by atoms with Gasteiger partial charge in [0.1, 0.15) is 5.82 Å². The number of nitrogens with zero attached hydrogens (tertiary/aromatic N) is 2. The lowest BCUT2D eigenvalue weighted by molar-refractivity contribution is 0.197. The van der Waals surface area contributed by atoms with Crippen molar-refractivity contribution in [3.8, 4) is 0 Å². The first-order chi connectivity index (χ1) is 9.74. The third-order valence-corrected chi connectivity index (χ3v) is 3.25. The smallest absolute Gasteiger partial charge is 0.203 e. The van der Waals surface area contributed by atoms with E-state index in [9.17, 15) is 4.39 Å². The molecule has 108 valence electrons. The summed E-state index contributed by atoms with van der Waals surface area (Å²) in [6.07, 6.45) is 4.48. The first-order valence-electron chi connectivity index (χ1n) is 6.74. The molecule has 2 aromatic rings. The highest BCUT2D eigenvalue weighted by Crippen LogP contribution is 2.23. The Labute approximate surface area is 118 Å². The zero-order valence-electron chi connectivity index (χ0n) is 11.8. The molecule has 4 nitrogen and oxygen atoms in total. The van der Waals surface area contributed by atoms with Gasteiger partial charge in [-0.3, -0.25) is 0 Å². The van der Waals surface area contributed by atoms with Gasteiger partial charge in [0.15, 0.2) is 0 Å². The second kappa shape index (κ2) is 7.05. The van der Waals surface area contributed by atoms with Crippen LogP contribution in [0, 0.1) is 5.82 Å². The largest absolute Gasteiger partial charge is 0.385 e. The maximum absolute atomic E-state index is 13.8. The minimum absolute atomic E-state index is 0.108. The Hall–Kier alpha value is -1.88. The summed E-state index contributed by atoms with van der Waals surface area (Å²) in [7, 11) is 1.68. The Morgan fingerprint density at radius 3 is 2.95 bits per heavy atom. The third kappa shape index (κ3) is 3.36. The first kappa shape index (κ1) is 14.5. The molecule has 0 bridgehead atoms. The van der Waals surface area contributed by atoms with E-state index < -0.39 is 0 Å². The number of rotatable bonds is 7. The summed E-state index contributed by atoms with van der Waals surface area (Å²) >= 11 is 0. The lowest BCUT2D eigenvalue weighted by atomic mass is 10.1. The predicted molar refractivity (Wildman–Crippen MR) is 77.4 cm³/mol. The molecule has 5 heteroatoms. The van der Waals surface area contributed by atoms with E-state index in [-0.39, 0.29) is 11.9 Å². The number of ether oxygens (including phenoxy) is 1. The van der Waals surface area contributed by atoms with Crippen LogP contribution in [0.2, 0.25) is 0 Å². The highest BCUT2D eigenvalue weighted by molar-refractivity contribution is 5.31. The van der Waals surface area contributed by atoms with Gasteiger partial charge in [-0.15, -0.1) is 0 Å². The van der Waals surface area contributed by atoms with E-state index in [0.717, 1.165) is 18.9 Å². The van der Waals surface area contributed by atoms with E-state index in [4.69, 9.17) is 4.74 Å². The maximum Gasteiger partial charge on any atom is 0.203 e. The molecule has 1 atom stereocenters. The molecule has 0 aliphatic rings. The lowest BCUT2D eigenvalue weighted by Crippen LogP contribution is -2.14. The molecule has 1 aromatic carbocycles. The predicted octanol–water partition coefficient (Wildman–Crippen LogP) is 3.08. The molecule has 1 heterocycles. The van der Waals surface area contributed by atoms with Crippen LogP contribution in [0.5, 0.6) is 0 Å². The SMILES string of the molecule is COCCCNc1nccn1C(C)c1ccccc1F.